The van der Waals surface area contributed by atoms with E-state index in [1.165, 1.54) is 22.7 Å². The van der Waals surface area contributed by atoms with Crippen molar-refractivity contribution < 1.29 is 40.1 Å². The molecular weight excluding hydrogens is 915 g/mol. The van der Waals surface area contributed by atoms with Crippen LogP contribution in [-0.2, 0) is 27.4 Å². The zero-order chi connectivity index (χ0) is 47.2. The molecule has 0 aliphatic heterocycles. The molecule has 360 valence electrons. The predicted octanol–water partition coefficient (Wildman–Crippen LogP) is 3.02. The van der Waals surface area contributed by atoms with Crippen molar-refractivity contribution in [3.8, 4) is 21.1 Å². The van der Waals surface area contributed by atoms with Gasteiger partial charge < -0.3 is 52.5 Å². The molecule has 8 atom stereocenters. The number of carbonyl (C=O) groups is 1. The first-order valence-corrected chi connectivity index (χ1v) is 24.8. The van der Waals surface area contributed by atoms with Gasteiger partial charge in [0.25, 0.3) is 0 Å². The van der Waals surface area contributed by atoms with Crippen LogP contribution < -0.4 is 27.0 Å². The lowest BCUT2D eigenvalue weighted by Crippen LogP contribution is -2.39. The molecule has 0 saturated heterocycles. The van der Waals surface area contributed by atoms with E-state index in [-0.39, 0.29) is 44.6 Å². The second-order valence-corrected chi connectivity index (χ2v) is 20.2. The number of nitrogens with zero attached hydrogens (tertiary/aromatic N) is 8. The maximum Gasteiger partial charge on any atom is 0.342 e. The van der Waals surface area contributed by atoms with Gasteiger partial charge in [-0.3, -0.25) is 14.9 Å². The van der Waals surface area contributed by atoms with Crippen molar-refractivity contribution in [2.24, 2.45) is 17.6 Å². The summed E-state index contributed by atoms with van der Waals surface area (Å²) < 4.78 is 1.75. The highest BCUT2D eigenvalue weighted by Crippen LogP contribution is 2.42. The van der Waals surface area contributed by atoms with Crippen LogP contribution in [0, 0.1) is 25.7 Å². The predicted molar refractivity (Wildman–Crippen MR) is 255 cm³/mol. The van der Waals surface area contributed by atoms with E-state index >= 15 is 0 Å². The molecule has 4 aliphatic carbocycles. The first kappa shape index (κ1) is 46.4. The van der Waals surface area contributed by atoms with Crippen LogP contribution in [-0.4, -0.2) is 140 Å². The third kappa shape index (κ3) is 9.63. The van der Waals surface area contributed by atoms with Crippen molar-refractivity contribution in [1.29, 1.82) is 0 Å². The Morgan fingerprint density at radius 1 is 0.691 bits per heavy atom. The van der Waals surface area contributed by atoms with Gasteiger partial charge in [0.2, 0.25) is 11.9 Å². The lowest BCUT2D eigenvalue weighted by Gasteiger charge is -2.24. The molecule has 23 heteroatoms. The van der Waals surface area contributed by atoms with Crippen LogP contribution in [0.1, 0.15) is 67.7 Å². The number of aliphatic hydroxyl groups excluding tert-OH is 5. The Morgan fingerprint density at radius 2 is 1.21 bits per heavy atom. The van der Waals surface area contributed by atoms with Crippen molar-refractivity contribution in [2.45, 2.75) is 120 Å². The minimum Gasteiger partial charge on any atom is -0.396 e. The number of rotatable bonds is 19. The molecule has 4 fully saturated rings. The lowest BCUT2D eigenvalue weighted by molar-refractivity contribution is -0.310. The molecule has 6 aromatic heterocycles. The number of pyridine rings is 2. The standard InChI is InChI=1S/C45H55N13O8S2/c1-19-32(40(57-44(49-19)51-23-3-4-23)53-27-15-21(17-59)36(62)38(27)64)42-55-34-25(47-13-10-29(34)67-42)7-8-31(61)65-66-39-28(16-22(18-60)37(39)63)54-41-33(20(2)50-45(58-41)52-24-5-6-24)43-56-35-26(9-12-46)48-14-11-30(35)68-43/h10-11,13-14,21-24,27-28,36-39,59-60,62-64H,3-9,12,15-18,46H2,1-2H3,(H2,49,51,53,57)(H2,50,52,54,58)/t21-,22-,27-,28-,36-,37-,38+,39+/m1/s1. The van der Waals surface area contributed by atoms with Crippen molar-refractivity contribution >= 4 is 72.6 Å². The van der Waals surface area contributed by atoms with Gasteiger partial charge in [-0.1, -0.05) is 0 Å². The summed E-state index contributed by atoms with van der Waals surface area (Å²) in [5.41, 5.74) is 11.2. The van der Waals surface area contributed by atoms with E-state index in [0.717, 1.165) is 46.3 Å². The molecule has 11 N–H and O–H groups in total. The summed E-state index contributed by atoms with van der Waals surface area (Å²) in [6.45, 7) is 3.60. The van der Waals surface area contributed by atoms with Gasteiger partial charge in [-0.05, 0) is 71.0 Å². The Balaban J connectivity index is 0.859. The molecule has 0 unspecified atom stereocenters. The van der Waals surface area contributed by atoms with Crippen LogP contribution in [0.3, 0.4) is 0 Å². The summed E-state index contributed by atoms with van der Waals surface area (Å²) in [7, 11) is 0. The van der Waals surface area contributed by atoms with Crippen molar-refractivity contribution in [3.63, 3.8) is 0 Å². The number of fused-ring (bicyclic) bond motifs is 2. The van der Waals surface area contributed by atoms with Crippen LogP contribution in [0.25, 0.3) is 41.6 Å². The highest BCUT2D eigenvalue weighted by atomic mass is 32.1. The maximum atomic E-state index is 13.4. The monoisotopic (exact) mass is 969 g/mol. The summed E-state index contributed by atoms with van der Waals surface area (Å²) in [5, 5.41) is 67.7. The van der Waals surface area contributed by atoms with Gasteiger partial charge in [0.1, 0.15) is 38.8 Å². The molecule has 0 radical (unpaired) electrons. The molecule has 21 nitrogen and oxygen atoms in total. The van der Waals surface area contributed by atoms with Crippen LogP contribution in [0.15, 0.2) is 24.5 Å². The van der Waals surface area contributed by atoms with Gasteiger partial charge in [0, 0.05) is 62.4 Å². The topological polar surface area (TPSA) is 314 Å². The Bertz CT molecular complexity index is 2810. The maximum absolute atomic E-state index is 13.4. The number of hydrogen-bond acceptors (Lipinski definition) is 23. The van der Waals surface area contributed by atoms with Gasteiger partial charge in [-0.2, -0.15) is 14.9 Å². The number of nitrogens with two attached hydrogens (primary N) is 1. The van der Waals surface area contributed by atoms with E-state index in [2.05, 4.69) is 31.2 Å². The first-order valence-electron chi connectivity index (χ1n) is 23.1. The normalized spacial score (nSPS) is 24.8. The quantitative estimate of drug-likeness (QED) is 0.0412. The molecule has 4 aliphatic rings. The molecule has 0 bridgehead atoms. The van der Waals surface area contributed by atoms with Crippen LogP contribution in [0.5, 0.6) is 0 Å². The van der Waals surface area contributed by atoms with E-state index < -0.39 is 54.3 Å². The third-order valence-corrected chi connectivity index (χ3v) is 15.2. The zero-order valence-electron chi connectivity index (χ0n) is 37.5. The summed E-state index contributed by atoms with van der Waals surface area (Å²) in [6, 6.07) is 3.09. The van der Waals surface area contributed by atoms with Crippen LogP contribution in [0.4, 0.5) is 23.5 Å². The third-order valence-electron chi connectivity index (χ3n) is 13.1. The number of nitrogens with one attached hydrogen (secondary N) is 4. The molecule has 0 spiro atoms. The minimum absolute atomic E-state index is 0.127. The zero-order valence-corrected chi connectivity index (χ0v) is 39.1. The van der Waals surface area contributed by atoms with Gasteiger partial charge in [0.15, 0.2) is 6.10 Å². The highest BCUT2D eigenvalue weighted by molar-refractivity contribution is 7.22. The number of anilines is 4. The molecule has 0 amide bonds. The van der Waals surface area contributed by atoms with E-state index in [1.54, 1.807) is 12.4 Å². The fraction of sp³-hybridized carbons (Fsp3) is 0.533. The Morgan fingerprint density at radius 3 is 1.72 bits per heavy atom. The average Bonchev–Trinajstić information content (AvgIpc) is 4.17. The Labute approximate surface area is 398 Å². The fourth-order valence-corrected chi connectivity index (χ4v) is 11.2. The van der Waals surface area contributed by atoms with Crippen molar-refractivity contribution in [1.82, 2.24) is 39.9 Å². The summed E-state index contributed by atoms with van der Waals surface area (Å²) in [6.07, 6.45) is 4.21. The molecule has 0 aromatic carbocycles. The fourth-order valence-electron chi connectivity index (χ4n) is 9.07. The second-order valence-electron chi connectivity index (χ2n) is 18.2. The van der Waals surface area contributed by atoms with Crippen molar-refractivity contribution in [3.05, 3.63) is 47.3 Å². The molecule has 68 heavy (non-hydrogen) atoms. The van der Waals surface area contributed by atoms with Gasteiger partial charge in [-0.15, -0.1) is 22.7 Å². The molecule has 6 aromatic rings. The van der Waals surface area contributed by atoms with Gasteiger partial charge >= 0.3 is 5.97 Å². The van der Waals surface area contributed by atoms with Crippen LogP contribution in [0.2, 0.25) is 0 Å². The Hall–Kier alpha value is -5.37. The average molecular weight is 970 g/mol. The number of carbonyl (C=O) groups excluding carboxylic acids is 1. The summed E-state index contributed by atoms with van der Waals surface area (Å²) in [5.74, 6) is 0.00368. The summed E-state index contributed by atoms with van der Waals surface area (Å²) in [4.78, 5) is 62.9. The van der Waals surface area contributed by atoms with E-state index in [4.69, 9.17) is 45.4 Å². The molecular formula is C45H55N13O8S2. The number of hydrogen-bond donors (Lipinski definition) is 10. The van der Waals surface area contributed by atoms with Crippen LogP contribution >= 0.6 is 22.7 Å². The van der Waals surface area contributed by atoms with E-state index in [9.17, 15) is 30.3 Å². The minimum atomic E-state index is -1.18. The van der Waals surface area contributed by atoms with Gasteiger partial charge in [-0.25, -0.2) is 24.7 Å². The largest absolute Gasteiger partial charge is 0.396 e. The molecule has 6 heterocycles. The number of aryl methyl sites for hydroxylation is 3. The number of thiazole rings is 2. The Kier molecular flexibility index (Phi) is 13.3. The summed E-state index contributed by atoms with van der Waals surface area (Å²) >= 11 is 2.88. The lowest BCUT2D eigenvalue weighted by atomic mass is 10.1. The SMILES string of the molecule is Cc1nc(NC2CC2)nc(N[C@@H]2C[C@H](CO)[C@@H](O)[C@H]2O)c1-c1nc2c(CCC(=O)OO[C@@H]3[C@H](O)[C@@H](CO)C[C@H]3Nc3nc(NC4CC4)nc(C)c3-c3nc4c(CCN)nccc4s3)nccc2s1. The van der Waals surface area contributed by atoms with E-state index in [1.807, 2.05) is 26.0 Å². The second kappa shape index (κ2) is 19.6. The van der Waals surface area contributed by atoms with Gasteiger partial charge in [0.05, 0.1) is 74.0 Å². The molecule has 10 rings (SSSR count). The van der Waals surface area contributed by atoms with E-state index in [0.29, 0.717) is 86.7 Å². The smallest absolute Gasteiger partial charge is 0.342 e. The number of aliphatic hydroxyl groups is 5. The number of aromatic nitrogens is 8. The molecule has 4 saturated carbocycles. The van der Waals surface area contributed by atoms with Crippen molar-refractivity contribution in [2.75, 3.05) is 41.0 Å². The highest BCUT2D eigenvalue weighted by Gasteiger charge is 2.46. The first-order chi connectivity index (χ1) is 33.0.